The number of phenolic OH excluding ortho intramolecular Hbond substituents is 1. The molecule has 0 heterocycles. The van der Waals surface area contributed by atoms with Crippen molar-refractivity contribution >= 4 is 51.9 Å². The van der Waals surface area contributed by atoms with E-state index in [1.165, 1.54) is 18.2 Å². The van der Waals surface area contributed by atoms with Gasteiger partial charge in [0.1, 0.15) is 24.0 Å². The van der Waals surface area contributed by atoms with Crippen molar-refractivity contribution in [3.05, 3.63) is 86.0 Å². The number of anilines is 1. The first-order chi connectivity index (χ1) is 15.9. The van der Waals surface area contributed by atoms with Gasteiger partial charge in [0.15, 0.2) is 11.5 Å². The molecule has 1 amide bonds. The topological polar surface area (TPSA) is 91.6 Å². The molecule has 3 aromatic rings. The Morgan fingerprint density at radius 2 is 1.94 bits per heavy atom. The van der Waals surface area contributed by atoms with Crippen LogP contribution in [0.4, 0.5) is 5.69 Å². The molecule has 168 valence electrons. The molecule has 0 atom stereocenters. The maximum atomic E-state index is 12.5. The minimum Gasteiger partial charge on any atom is -0.508 e. The molecule has 33 heavy (non-hydrogen) atoms. The maximum Gasteiger partial charge on any atom is 0.266 e. The highest BCUT2D eigenvalue weighted by molar-refractivity contribution is 14.1. The number of carbonyl (C=O) groups excluding carboxylic acids is 1. The molecule has 0 aromatic heterocycles. The van der Waals surface area contributed by atoms with E-state index >= 15 is 0 Å². The Hall–Kier alpha value is -3.22. The number of amides is 1. The molecule has 0 aliphatic carbocycles. The van der Waals surface area contributed by atoms with Crippen LogP contribution in [0.3, 0.4) is 0 Å². The van der Waals surface area contributed by atoms with Gasteiger partial charge in [0, 0.05) is 10.7 Å². The van der Waals surface area contributed by atoms with Crippen molar-refractivity contribution in [2.45, 2.75) is 13.5 Å². The van der Waals surface area contributed by atoms with Gasteiger partial charge in [-0.2, -0.15) is 5.26 Å². The van der Waals surface area contributed by atoms with Crippen molar-refractivity contribution in [2.24, 2.45) is 0 Å². The van der Waals surface area contributed by atoms with E-state index in [1.807, 2.05) is 37.3 Å². The lowest BCUT2D eigenvalue weighted by molar-refractivity contribution is -0.112. The number of nitrogens with one attached hydrogen (secondary N) is 1. The van der Waals surface area contributed by atoms with Gasteiger partial charge in [-0.3, -0.25) is 4.79 Å². The molecule has 0 aliphatic rings. The molecule has 0 saturated heterocycles. The lowest BCUT2D eigenvalue weighted by atomic mass is 10.1. The lowest BCUT2D eigenvalue weighted by Crippen LogP contribution is -2.13. The summed E-state index contributed by atoms with van der Waals surface area (Å²) in [6.45, 7) is 2.59. The number of nitrogens with zero attached hydrogens (tertiary/aromatic N) is 1. The second-order valence-corrected chi connectivity index (χ2v) is 8.45. The van der Waals surface area contributed by atoms with Crippen molar-refractivity contribution < 1.29 is 19.4 Å². The van der Waals surface area contributed by atoms with E-state index in [0.29, 0.717) is 41.0 Å². The zero-order chi connectivity index (χ0) is 23.8. The van der Waals surface area contributed by atoms with Crippen molar-refractivity contribution in [3.8, 4) is 23.3 Å². The zero-order valence-electron chi connectivity index (χ0n) is 17.6. The van der Waals surface area contributed by atoms with E-state index in [9.17, 15) is 15.2 Å². The summed E-state index contributed by atoms with van der Waals surface area (Å²) in [5.41, 5.74) is 1.93. The van der Waals surface area contributed by atoms with Crippen molar-refractivity contribution in [3.63, 3.8) is 0 Å². The van der Waals surface area contributed by atoms with Gasteiger partial charge in [-0.25, -0.2) is 0 Å². The summed E-state index contributed by atoms with van der Waals surface area (Å²) in [6.07, 6.45) is 1.49. The molecule has 0 aliphatic heterocycles. The second-order valence-electron chi connectivity index (χ2n) is 6.85. The number of rotatable bonds is 8. The summed E-state index contributed by atoms with van der Waals surface area (Å²) in [4.78, 5) is 12.5. The van der Waals surface area contributed by atoms with E-state index in [0.717, 1.165) is 9.13 Å². The Kier molecular flexibility index (Phi) is 8.58. The fourth-order valence-corrected chi connectivity index (χ4v) is 3.91. The second kappa shape index (κ2) is 11.6. The highest BCUT2D eigenvalue weighted by Gasteiger charge is 2.15. The Morgan fingerprint density at radius 3 is 2.61 bits per heavy atom. The first-order valence-corrected chi connectivity index (χ1v) is 11.4. The Balaban J connectivity index is 1.84. The van der Waals surface area contributed by atoms with Crippen LogP contribution in [0.25, 0.3) is 6.08 Å². The molecular formula is C25H20ClIN2O4. The van der Waals surface area contributed by atoms with Gasteiger partial charge in [0.05, 0.1) is 10.2 Å². The molecule has 0 fully saturated rings. The van der Waals surface area contributed by atoms with Crippen molar-refractivity contribution in [2.75, 3.05) is 11.9 Å². The van der Waals surface area contributed by atoms with Crippen molar-refractivity contribution in [1.82, 2.24) is 0 Å². The van der Waals surface area contributed by atoms with Crippen LogP contribution >= 0.6 is 34.2 Å². The van der Waals surface area contributed by atoms with Crippen molar-refractivity contribution in [1.29, 1.82) is 5.26 Å². The van der Waals surface area contributed by atoms with Gasteiger partial charge in [-0.05, 0) is 95.2 Å². The maximum absolute atomic E-state index is 12.5. The standard InChI is InChI=1S/C25H20ClIN2O4/c1-2-32-23-13-17(10-18(14-28)25(31)29-20-6-8-21(30)9-7-20)12-22(27)24(23)33-15-16-4-3-5-19(26)11-16/h3-13,30H,2,15H2,1H3,(H,29,31)/b18-10+. The van der Waals surface area contributed by atoms with E-state index < -0.39 is 5.91 Å². The number of carbonyl (C=O) groups is 1. The fraction of sp³-hybridized carbons (Fsp3) is 0.120. The summed E-state index contributed by atoms with van der Waals surface area (Å²) in [6, 6.07) is 18.9. The van der Waals surface area contributed by atoms with Gasteiger partial charge in [0.25, 0.3) is 5.91 Å². The van der Waals surface area contributed by atoms with E-state index in [4.69, 9.17) is 21.1 Å². The number of hydrogen-bond acceptors (Lipinski definition) is 5. The third kappa shape index (κ3) is 6.88. The predicted molar refractivity (Wildman–Crippen MR) is 136 cm³/mol. The molecule has 0 bridgehead atoms. The highest BCUT2D eigenvalue weighted by atomic mass is 127. The normalized spacial score (nSPS) is 10.9. The number of halogens is 2. The van der Waals surface area contributed by atoms with Gasteiger partial charge in [-0.15, -0.1) is 0 Å². The lowest BCUT2D eigenvalue weighted by Gasteiger charge is -2.15. The zero-order valence-corrected chi connectivity index (χ0v) is 20.6. The number of nitriles is 1. The van der Waals surface area contributed by atoms with Crippen LogP contribution in [-0.4, -0.2) is 17.6 Å². The van der Waals surface area contributed by atoms with Crippen LogP contribution in [0.5, 0.6) is 17.2 Å². The smallest absolute Gasteiger partial charge is 0.266 e. The number of benzene rings is 3. The molecule has 0 spiro atoms. The summed E-state index contributed by atoms with van der Waals surface area (Å²) < 4.78 is 12.5. The van der Waals surface area contributed by atoms with Crippen LogP contribution in [0.1, 0.15) is 18.1 Å². The molecule has 3 aromatic carbocycles. The van der Waals surface area contributed by atoms with Crippen LogP contribution < -0.4 is 14.8 Å². The molecule has 6 nitrogen and oxygen atoms in total. The van der Waals surface area contributed by atoms with E-state index in [-0.39, 0.29) is 11.3 Å². The molecular weight excluding hydrogens is 555 g/mol. The summed E-state index contributed by atoms with van der Waals surface area (Å²) in [5, 5.41) is 22.2. The van der Waals surface area contributed by atoms with Gasteiger partial charge in [0.2, 0.25) is 0 Å². The average Bonchev–Trinajstić information content (AvgIpc) is 2.78. The Morgan fingerprint density at radius 1 is 1.18 bits per heavy atom. The number of ether oxygens (including phenoxy) is 2. The Labute approximate surface area is 210 Å². The van der Waals surface area contributed by atoms with Crippen LogP contribution in [0.15, 0.2) is 66.2 Å². The highest BCUT2D eigenvalue weighted by Crippen LogP contribution is 2.35. The van der Waals surface area contributed by atoms with Crippen LogP contribution in [0, 0.1) is 14.9 Å². The minimum absolute atomic E-state index is 0.0751. The largest absolute Gasteiger partial charge is 0.508 e. The van der Waals surface area contributed by atoms with Crippen LogP contribution in [0.2, 0.25) is 5.02 Å². The molecule has 0 unspecified atom stereocenters. The monoisotopic (exact) mass is 574 g/mol. The quantitative estimate of drug-likeness (QED) is 0.145. The van der Waals surface area contributed by atoms with Gasteiger partial charge >= 0.3 is 0 Å². The third-order valence-corrected chi connectivity index (χ3v) is 5.44. The molecule has 3 rings (SSSR count). The predicted octanol–water partition coefficient (Wildman–Crippen LogP) is 6.17. The summed E-state index contributed by atoms with van der Waals surface area (Å²) in [7, 11) is 0. The SMILES string of the molecule is CCOc1cc(/C=C(\C#N)C(=O)Nc2ccc(O)cc2)cc(I)c1OCc1cccc(Cl)c1. The fourth-order valence-electron chi connectivity index (χ4n) is 2.91. The van der Waals surface area contributed by atoms with E-state index in [2.05, 4.69) is 27.9 Å². The van der Waals surface area contributed by atoms with Gasteiger partial charge < -0.3 is 19.9 Å². The molecule has 8 heteroatoms. The first-order valence-electron chi connectivity index (χ1n) is 9.95. The summed E-state index contributed by atoms with van der Waals surface area (Å²) >= 11 is 8.18. The van der Waals surface area contributed by atoms with E-state index in [1.54, 1.807) is 24.3 Å². The Bertz CT molecular complexity index is 1220. The average molecular weight is 575 g/mol. The number of phenols is 1. The first kappa shape index (κ1) is 24.4. The summed E-state index contributed by atoms with van der Waals surface area (Å²) in [5.74, 6) is 0.604. The molecule has 2 N–H and O–H groups in total. The number of hydrogen-bond donors (Lipinski definition) is 2. The number of aromatic hydroxyl groups is 1. The molecule has 0 radical (unpaired) electrons. The van der Waals surface area contributed by atoms with Gasteiger partial charge in [-0.1, -0.05) is 23.7 Å². The third-order valence-electron chi connectivity index (χ3n) is 4.41. The molecule has 0 saturated carbocycles. The van der Waals surface area contributed by atoms with Crippen LogP contribution in [-0.2, 0) is 11.4 Å². The minimum atomic E-state index is -0.558.